The van der Waals surface area contributed by atoms with Crippen molar-refractivity contribution in [3.8, 4) is 0 Å². The van der Waals surface area contributed by atoms with Gasteiger partial charge in [-0.25, -0.2) is 5.48 Å². The van der Waals surface area contributed by atoms with E-state index in [-0.39, 0.29) is 0 Å². The van der Waals surface area contributed by atoms with Crippen molar-refractivity contribution < 1.29 is 24.3 Å². The van der Waals surface area contributed by atoms with Crippen LogP contribution in [0.3, 0.4) is 0 Å². The average molecular weight is 244 g/mol. The van der Waals surface area contributed by atoms with E-state index in [9.17, 15) is 9.59 Å². The highest BCUT2D eigenvalue weighted by Gasteiger charge is 2.72. The summed E-state index contributed by atoms with van der Waals surface area (Å²) in [5.74, 6) is -1.37. The van der Waals surface area contributed by atoms with Crippen LogP contribution in [0.4, 0.5) is 0 Å². The Morgan fingerprint density at radius 3 is 2.88 bits per heavy atom. The number of fused-ring (bicyclic) bond motifs is 2. The van der Waals surface area contributed by atoms with Gasteiger partial charge in [0, 0.05) is 20.1 Å². The van der Waals surface area contributed by atoms with Crippen LogP contribution in [0.2, 0.25) is 0 Å². The fourth-order valence-electron chi connectivity index (χ4n) is 2.54. The minimum Gasteiger partial charge on any atom is -0.374 e. The number of carbonyl (C=O) groups excluding carboxylic acids is 2. The molecule has 17 heavy (non-hydrogen) atoms. The first kappa shape index (κ1) is 12.3. The summed E-state index contributed by atoms with van der Waals surface area (Å²) in [6.07, 6.45) is -0.274. The molecule has 0 aromatic rings. The molecule has 2 aliphatic heterocycles. The fraction of sp³-hybridized carbons (Fsp3) is 0.800. The van der Waals surface area contributed by atoms with Crippen LogP contribution in [0.5, 0.6) is 0 Å². The number of likely N-dealkylation sites (tertiary alicyclic amines) is 1. The SMILES string of the molecule is CCO[C@H]1C[C@]2(C)O[C@]1(C(=O)NO)C(=O)N2C. The van der Waals surface area contributed by atoms with Crippen molar-refractivity contribution in [2.24, 2.45) is 0 Å². The van der Waals surface area contributed by atoms with Crippen molar-refractivity contribution in [2.75, 3.05) is 13.7 Å². The summed E-state index contributed by atoms with van der Waals surface area (Å²) in [6.45, 7) is 3.85. The van der Waals surface area contributed by atoms with Crippen LogP contribution in [-0.4, -0.2) is 53.0 Å². The lowest BCUT2D eigenvalue weighted by molar-refractivity contribution is -0.167. The molecule has 0 aliphatic carbocycles. The summed E-state index contributed by atoms with van der Waals surface area (Å²) in [6, 6.07) is 0. The van der Waals surface area contributed by atoms with Crippen LogP contribution in [0.15, 0.2) is 0 Å². The number of nitrogens with one attached hydrogen (secondary N) is 1. The van der Waals surface area contributed by atoms with E-state index in [1.807, 2.05) is 0 Å². The molecule has 2 heterocycles. The third-order valence-electron chi connectivity index (χ3n) is 3.54. The summed E-state index contributed by atoms with van der Waals surface area (Å²) in [5.41, 5.74) is -1.12. The van der Waals surface area contributed by atoms with Crippen molar-refractivity contribution in [2.45, 2.75) is 37.7 Å². The smallest absolute Gasteiger partial charge is 0.288 e. The lowest BCUT2D eigenvalue weighted by Gasteiger charge is -2.34. The molecule has 0 saturated carbocycles. The number of ether oxygens (including phenoxy) is 2. The Bertz CT molecular complexity index is 374. The first-order valence-corrected chi connectivity index (χ1v) is 5.47. The van der Waals surface area contributed by atoms with Crippen molar-refractivity contribution in [1.29, 1.82) is 0 Å². The third kappa shape index (κ3) is 1.33. The third-order valence-corrected chi connectivity index (χ3v) is 3.54. The maximum atomic E-state index is 12.1. The van der Waals surface area contributed by atoms with Gasteiger partial charge in [-0.1, -0.05) is 0 Å². The van der Waals surface area contributed by atoms with Crippen molar-refractivity contribution in [3.63, 3.8) is 0 Å². The van der Waals surface area contributed by atoms with E-state index in [1.165, 1.54) is 10.4 Å². The molecule has 2 aliphatic rings. The maximum Gasteiger partial charge on any atom is 0.288 e. The molecule has 96 valence electrons. The second-order valence-corrected chi connectivity index (χ2v) is 4.47. The number of hydrogen-bond donors (Lipinski definition) is 2. The van der Waals surface area contributed by atoms with Crippen LogP contribution in [0.1, 0.15) is 20.3 Å². The van der Waals surface area contributed by atoms with Gasteiger partial charge in [-0.2, -0.15) is 0 Å². The van der Waals surface area contributed by atoms with Crippen LogP contribution in [0, 0.1) is 0 Å². The molecule has 2 N–H and O–H groups in total. The molecule has 0 aromatic carbocycles. The Morgan fingerprint density at radius 2 is 2.41 bits per heavy atom. The van der Waals surface area contributed by atoms with E-state index in [1.54, 1.807) is 20.9 Å². The van der Waals surface area contributed by atoms with E-state index < -0.39 is 29.2 Å². The van der Waals surface area contributed by atoms with Crippen molar-refractivity contribution >= 4 is 11.8 Å². The van der Waals surface area contributed by atoms with Gasteiger partial charge in [-0.3, -0.25) is 14.8 Å². The van der Waals surface area contributed by atoms with E-state index in [4.69, 9.17) is 14.7 Å². The molecular weight excluding hydrogens is 228 g/mol. The van der Waals surface area contributed by atoms with Gasteiger partial charge in [0.25, 0.3) is 17.4 Å². The highest BCUT2D eigenvalue weighted by atomic mass is 16.6. The molecule has 3 atom stereocenters. The summed E-state index contributed by atoms with van der Waals surface area (Å²) in [4.78, 5) is 25.3. The first-order chi connectivity index (χ1) is 7.92. The largest absolute Gasteiger partial charge is 0.374 e. The number of piperidine rings is 1. The summed E-state index contributed by atoms with van der Waals surface area (Å²) in [7, 11) is 1.57. The molecule has 0 aromatic heterocycles. The summed E-state index contributed by atoms with van der Waals surface area (Å²) >= 11 is 0. The molecule has 2 bridgehead atoms. The van der Waals surface area contributed by atoms with Gasteiger partial charge in [-0.05, 0) is 13.8 Å². The van der Waals surface area contributed by atoms with Gasteiger partial charge in [0.05, 0.1) is 0 Å². The van der Waals surface area contributed by atoms with E-state index in [0.717, 1.165) is 0 Å². The molecule has 2 amide bonds. The Balaban J connectivity index is 2.43. The number of amides is 2. The van der Waals surface area contributed by atoms with Crippen molar-refractivity contribution in [3.05, 3.63) is 0 Å². The fourth-order valence-corrected chi connectivity index (χ4v) is 2.54. The molecule has 0 radical (unpaired) electrons. The molecule has 2 fully saturated rings. The van der Waals surface area contributed by atoms with Crippen molar-refractivity contribution in [1.82, 2.24) is 10.4 Å². The number of rotatable bonds is 3. The van der Waals surface area contributed by atoms with E-state index in [2.05, 4.69) is 0 Å². The second-order valence-electron chi connectivity index (χ2n) is 4.47. The topological polar surface area (TPSA) is 88.1 Å². The van der Waals surface area contributed by atoms with Gasteiger partial charge >= 0.3 is 0 Å². The van der Waals surface area contributed by atoms with Crippen LogP contribution in [0.25, 0.3) is 0 Å². The van der Waals surface area contributed by atoms with Gasteiger partial charge < -0.3 is 14.4 Å². The van der Waals surface area contributed by atoms with E-state index >= 15 is 0 Å². The number of carbonyl (C=O) groups is 2. The van der Waals surface area contributed by atoms with Gasteiger partial charge in [0.2, 0.25) is 0 Å². The zero-order valence-corrected chi connectivity index (χ0v) is 10.0. The second kappa shape index (κ2) is 3.66. The first-order valence-electron chi connectivity index (χ1n) is 5.47. The molecule has 7 heteroatoms. The van der Waals surface area contributed by atoms with Crippen LogP contribution < -0.4 is 5.48 Å². The zero-order valence-electron chi connectivity index (χ0n) is 10.0. The predicted molar refractivity (Wildman–Crippen MR) is 55.0 cm³/mol. The predicted octanol–water partition coefficient (Wildman–Crippen LogP) is -0.756. The number of hydrogen-bond acceptors (Lipinski definition) is 5. The average Bonchev–Trinajstić information content (AvgIpc) is 2.70. The Kier molecular flexibility index (Phi) is 2.64. The van der Waals surface area contributed by atoms with Gasteiger partial charge in [0.15, 0.2) is 0 Å². The van der Waals surface area contributed by atoms with Crippen LogP contribution in [-0.2, 0) is 19.1 Å². The normalized spacial score (nSPS) is 39.9. The molecule has 7 nitrogen and oxygen atoms in total. The molecule has 0 spiro atoms. The molecule has 2 rings (SSSR count). The number of likely N-dealkylation sites (N-methyl/N-ethyl adjacent to an activating group) is 1. The quantitative estimate of drug-likeness (QED) is 0.387. The monoisotopic (exact) mass is 244 g/mol. The molecule has 2 saturated heterocycles. The maximum absolute atomic E-state index is 12.1. The number of hydroxylamine groups is 1. The Hall–Kier alpha value is -1.18. The zero-order chi connectivity index (χ0) is 12.8. The standard InChI is InChI=1S/C10H16N2O5/c1-4-16-6-5-9(2)12(3)8(14)10(6,17-9)7(13)11-15/h6,15H,4-5H2,1-3H3,(H,11,13)/t6-,9-,10+/m0/s1. The van der Waals surface area contributed by atoms with Gasteiger partial charge in [0.1, 0.15) is 11.8 Å². The Morgan fingerprint density at radius 1 is 1.76 bits per heavy atom. The van der Waals surface area contributed by atoms with E-state index in [0.29, 0.717) is 13.0 Å². The lowest BCUT2D eigenvalue weighted by atomic mass is 9.88. The molecular formula is C10H16N2O5. The summed E-state index contributed by atoms with van der Waals surface area (Å²) < 4.78 is 11.0. The minimum atomic E-state index is -1.76. The number of nitrogens with zero attached hydrogens (tertiary/aromatic N) is 1. The van der Waals surface area contributed by atoms with Crippen LogP contribution >= 0.6 is 0 Å². The Labute approximate surface area is 98.6 Å². The lowest BCUT2D eigenvalue weighted by Crippen LogP contribution is -2.61. The summed E-state index contributed by atoms with van der Waals surface area (Å²) in [5, 5.41) is 8.78. The minimum absolute atomic E-state index is 0.363. The highest BCUT2D eigenvalue weighted by Crippen LogP contribution is 2.49. The highest BCUT2D eigenvalue weighted by molar-refractivity contribution is 6.11. The molecule has 0 unspecified atom stereocenters. The van der Waals surface area contributed by atoms with Gasteiger partial charge in [-0.15, -0.1) is 0 Å².